The van der Waals surface area contributed by atoms with E-state index in [0.29, 0.717) is 17.1 Å². The third-order valence-electron chi connectivity index (χ3n) is 4.61. The Bertz CT molecular complexity index is 1080. The summed E-state index contributed by atoms with van der Waals surface area (Å²) in [4.78, 5) is 30.6. The molecule has 1 aromatic carbocycles. The van der Waals surface area contributed by atoms with E-state index in [1.54, 1.807) is 22.0 Å². The number of thiophene rings is 1. The highest BCUT2D eigenvalue weighted by molar-refractivity contribution is 7.99. The predicted molar refractivity (Wildman–Crippen MR) is 117 cm³/mol. The molecule has 0 unspecified atom stereocenters. The number of carbonyl (C=O) groups is 1. The second-order valence-corrected chi connectivity index (χ2v) is 8.70. The minimum atomic E-state index is -0.112. The molecule has 28 heavy (non-hydrogen) atoms. The molecule has 0 saturated carbocycles. The normalized spacial score (nSPS) is 11.0. The Hall–Kier alpha value is -2.38. The maximum absolute atomic E-state index is 13.0. The van der Waals surface area contributed by atoms with Crippen molar-refractivity contribution in [2.75, 3.05) is 11.1 Å². The zero-order chi connectivity index (χ0) is 20.3. The van der Waals surface area contributed by atoms with E-state index in [1.807, 2.05) is 38.1 Å². The van der Waals surface area contributed by atoms with Gasteiger partial charge in [-0.1, -0.05) is 43.0 Å². The molecule has 5 nitrogen and oxygen atoms in total. The van der Waals surface area contributed by atoms with E-state index in [0.717, 1.165) is 27.4 Å². The Morgan fingerprint density at radius 1 is 1.32 bits per heavy atom. The van der Waals surface area contributed by atoms with Crippen molar-refractivity contribution in [1.29, 1.82) is 0 Å². The van der Waals surface area contributed by atoms with Gasteiger partial charge in [0.1, 0.15) is 11.9 Å². The van der Waals surface area contributed by atoms with Crippen LogP contribution in [0.3, 0.4) is 0 Å². The number of aromatic amines is 1. The van der Waals surface area contributed by atoms with Crippen molar-refractivity contribution in [2.24, 2.45) is 0 Å². The number of hydrogen-bond donors (Lipinski definition) is 1. The molecule has 0 aliphatic rings. The van der Waals surface area contributed by atoms with Gasteiger partial charge in [-0.3, -0.25) is 4.79 Å². The third-order valence-corrected chi connectivity index (χ3v) is 6.73. The van der Waals surface area contributed by atoms with Gasteiger partial charge in [0.15, 0.2) is 4.83 Å². The van der Waals surface area contributed by atoms with E-state index in [4.69, 9.17) is 0 Å². The summed E-state index contributed by atoms with van der Waals surface area (Å²) in [6, 6.07) is 7.83. The first-order valence-electron chi connectivity index (χ1n) is 9.12. The number of amides is 1. The second-order valence-electron chi connectivity index (χ2n) is 6.51. The average Bonchev–Trinajstić information content (AvgIpc) is 2.97. The summed E-state index contributed by atoms with van der Waals surface area (Å²) in [7, 11) is 0. The number of aromatic nitrogens is 2. The molecule has 0 bridgehead atoms. The summed E-state index contributed by atoms with van der Waals surface area (Å²) in [6.45, 7) is 10.2. The van der Waals surface area contributed by atoms with Crippen LogP contribution >= 0.6 is 23.1 Å². The maximum atomic E-state index is 13.0. The Kier molecular flexibility index (Phi) is 6.36. The number of benzene rings is 1. The Morgan fingerprint density at radius 3 is 2.68 bits per heavy atom. The van der Waals surface area contributed by atoms with E-state index >= 15 is 0 Å². The number of carbonyl (C=O) groups excluding carboxylic acids is 1. The zero-order valence-electron chi connectivity index (χ0n) is 16.3. The van der Waals surface area contributed by atoms with Crippen LogP contribution in [0.25, 0.3) is 10.2 Å². The van der Waals surface area contributed by atoms with Crippen LogP contribution in [0.15, 0.2) is 46.9 Å². The van der Waals surface area contributed by atoms with Gasteiger partial charge in [-0.2, -0.15) is 4.57 Å². The topological polar surface area (TPSA) is 65.2 Å². The highest BCUT2D eigenvalue weighted by atomic mass is 32.2. The number of allylic oxidation sites excluding steroid dienone is 1. The minimum Gasteiger partial charge on any atom is -0.325 e. The van der Waals surface area contributed by atoms with Gasteiger partial charge in [0.05, 0.1) is 5.75 Å². The Balaban J connectivity index is 1.80. The number of H-pyrrole nitrogens is 1. The molecule has 1 amide bonds. The quantitative estimate of drug-likeness (QED) is 0.361. The summed E-state index contributed by atoms with van der Waals surface area (Å²) in [6.07, 6.45) is 2.65. The van der Waals surface area contributed by atoms with Crippen LogP contribution in [-0.4, -0.2) is 16.2 Å². The monoisotopic (exact) mass is 414 g/mol. The van der Waals surface area contributed by atoms with Crippen LogP contribution in [0.1, 0.15) is 22.9 Å². The third kappa shape index (κ3) is 4.20. The number of nitrogens with zero attached hydrogens (tertiary/aromatic N) is 1. The van der Waals surface area contributed by atoms with E-state index in [1.165, 1.54) is 17.3 Å². The molecule has 3 rings (SSSR count). The second kappa shape index (κ2) is 8.75. The molecule has 0 radical (unpaired) electrons. The fourth-order valence-electron chi connectivity index (χ4n) is 2.93. The van der Waals surface area contributed by atoms with Gasteiger partial charge < -0.3 is 5.32 Å². The molecule has 3 aromatic rings. The molecule has 2 N–H and O–H groups in total. The molecule has 0 spiro atoms. The SMILES string of the molecule is C=CCn1c(SCC(=O)Nc2ccc(CC)cc2)[nH+]c2sc(C)c(C)c2c1=O. The predicted octanol–water partition coefficient (Wildman–Crippen LogP) is 3.97. The van der Waals surface area contributed by atoms with Gasteiger partial charge in [0, 0.05) is 10.6 Å². The highest BCUT2D eigenvalue weighted by Gasteiger charge is 2.22. The van der Waals surface area contributed by atoms with Crippen molar-refractivity contribution in [3.05, 3.63) is 63.3 Å². The molecule has 146 valence electrons. The van der Waals surface area contributed by atoms with Crippen LogP contribution < -0.4 is 15.9 Å². The van der Waals surface area contributed by atoms with Gasteiger partial charge >= 0.3 is 10.7 Å². The number of thioether (sulfide) groups is 1. The molecular weight excluding hydrogens is 390 g/mol. The number of anilines is 1. The standard InChI is InChI=1S/C21H23N3O2S2/c1-5-11-24-20(26)18-13(3)14(4)28-19(18)23-21(24)27-12-17(25)22-16-9-7-15(6-2)8-10-16/h5,7-10H,1,6,11-12H2,2-4H3,(H,22,25)/p+1. The van der Waals surface area contributed by atoms with Crippen LogP contribution in [0, 0.1) is 13.8 Å². The summed E-state index contributed by atoms with van der Waals surface area (Å²) in [5.74, 6) is 0.0937. The summed E-state index contributed by atoms with van der Waals surface area (Å²) in [5, 5.41) is 4.28. The van der Waals surface area contributed by atoms with E-state index in [9.17, 15) is 9.59 Å². The number of hydrogen-bond acceptors (Lipinski definition) is 4. The van der Waals surface area contributed by atoms with Gasteiger partial charge in [-0.15, -0.1) is 0 Å². The smallest absolute Gasteiger partial charge is 0.325 e. The summed E-state index contributed by atoms with van der Waals surface area (Å²) < 4.78 is 1.64. The zero-order valence-corrected chi connectivity index (χ0v) is 17.9. The lowest BCUT2D eigenvalue weighted by molar-refractivity contribution is -0.404. The lowest BCUT2D eigenvalue weighted by Gasteiger charge is -2.06. The molecule has 0 saturated heterocycles. The van der Waals surface area contributed by atoms with Crippen molar-refractivity contribution in [1.82, 2.24) is 4.57 Å². The van der Waals surface area contributed by atoms with Crippen LogP contribution in [-0.2, 0) is 17.8 Å². The molecule has 0 aliphatic heterocycles. The van der Waals surface area contributed by atoms with Crippen molar-refractivity contribution in [2.45, 2.75) is 38.9 Å². The number of fused-ring (bicyclic) bond motifs is 1. The fourth-order valence-corrected chi connectivity index (χ4v) is 4.87. The first-order chi connectivity index (χ1) is 13.4. The van der Waals surface area contributed by atoms with E-state index in [-0.39, 0.29) is 17.2 Å². The van der Waals surface area contributed by atoms with Crippen molar-refractivity contribution in [3.8, 4) is 0 Å². The van der Waals surface area contributed by atoms with Crippen molar-refractivity contribution >= 4 is 44.9 Å². The maximum Gasteiger partial charge on any atom is 0.347 e. The molecule has 7 heteroatoms. The summed E-state index contributed by atoms with van der Waals surface area (Å²) in [5.41, 5.74) is 2.96. The Labute approximate surface area is 172 Å². The van der Waals surface area contributed by atoms with Crippen molar-refractivity contribution in [3.63, 3.8) is 0 Å². The molecule has 2 aromatic heterocycles. The molecular formula is C21H24N3O2S2+. The average molecular weight is 415 g/mol. The van der Waals surface area contributed by atoms with Crippen molar-refractivity contribution < 1.29 is 9.78 Å². The molecule has 0 atom stereocenters. The van der Waals surface area contributed by atoms with Crippen LogP contribution in [0.4, 0.5) is 5.69 Å². The first kappa shape index (κ1) is 20.4. The van der Waals surface area contributed by atoms with Crippen LogP contribution in [0.5, 0.6) is 0 Å². The summed E-state index contributed by atoms with van der Waals surface area (Å²) >= 11 is 2.89. The number of aryl methyl sites for hydroxylation is 3. The molecule has 0 aliphatic carbocycles. The largest absolute Gasteiger partial charge is 0.347 e. The van der Waals surface area contributed by atoms with Gasteiger partial charge in [0.2, 0.25) is 5.91 Å². The minimum absolute atomic E-state index is 0.0476. The number of nitrogens with one attached hydrogen (secondary N) is 2. The van der Waals surface area contributed by atoms with Gasteiger partial charge in [-0.05, 0) is 55.3 Å². The number of rotatable bonds is 7. The lowest BCUT2D eigenvalue weighted by Crippen LogP contribution is -2.30. The Morgan fingerprint density at radius 2 is 2.04 bits per heavy atom. The fraction of sp³-hybridized carbons (Fsp3) is 0.286. The van der Waals surface area contributed by atoms with E-state index < -0.39 is 0 Å². The molecule has 0 fully saturated rings. The molecule has 2 heterocycles. The van der Waals surface area contributed by atoms with Crippen LogP contribution in [0.2, 0.25) is 0 Å². The van der Waals surface area contributed by atoms with Gasteiger partial charge in [0.25, 0.3) is 0 Å². The van der Waals surface area contributed by atoms with E-state index in [2.05, 4.69) is 23.8 Å². The lowest BCUT2D eigenvalue weighted by atomic mass is 10.1. The van der Waals surface area contributed by atoms with Gasteiger partial charge in [-0.25, -0.2) is 9.78 Å². The highest BCUT2D eigenvalue weighted by Crippen LogP contribution is 2.26. The first-order valence-corrected chi connectivity index (χ1v) is 10.9.